The van der Waals surface area contributed by atoms with E-state index in [-0.39, 0.29) is 11.9 Å². The van der Waals surface area contributed by atoms with E-state index in [0.717, 1.165) is 53.2 Å². The topological polar surface area (TPSA) is 102 Å². The number of benzene rings is 2. The molecule has 2 aromatic heterocycles. The lowest BCUT2D eigenvalue weighted by molar-refractivity contribution is -0.127. The van der Waals surface area contributed by atoms with Gasteiger partial charge in [-0.15, -0.1) is 0 Å². The quantitative estimate of drug-likeness (QED) is 0.335. The number of fused-ring (bicyclic) bond motifs is 1. The van der Waals surface area contributed by atoms with Gasteiger partial charge in [0.25, 0.3) is 0 Å². The summed E-state index contributed by atoms with van der Waals surface area (Å²) < 4.78 is 7.92. The zero-order valence-electron chi connectivity index (χ0n) is 22.1. The monoisotopic (exact) mass is 523 g/mol. The molecule has 2 aliphatic rings. The van der Waals surface area contributed by atoms with Crippen LogP contribution < -0.4 is 10.5 Å². The van der Waals surface area contributed by atoms with Crippen molar-refractivity contribution in [2.75, 3.05) is 32.4 Å². The van der Waals surface area contributed by atoms with Crippen LogP contribution in [-0.2, 0) is 4.79 Å². The first-order chi connectivity index (χ1) is 19.1. The van der Waals surface area contributed by atoms with E-state index in [9.17, 15) is 4.79 Å². The van der Waals surface area contributed by atoms with E-state index in [1.807, 2.05) is 70.3 Å². The SMILES string of the molecule is CN(CC=CC(=O)N1CCC(n2nc(-c3ccc(Oc4ccccc4)cc3)c3c(N)ncnc32)CC1)C1CC1. The number of carbonyl (C=O) groups excluding carboxylic acids is 1. The van der Waals surface area contributed by atoms with Gasteiger partial charge in [-0.25, -0.2) is 14.6 Å². The van der Waals surface area contributed by atoms with Gasteiger partial charge in [0.15, 0.2) is 5.65 Å². The Labute approximate surface area is 227 Å². The Morgan fingerprint density at radius 2 is 1.74 bits per heavy atom. The highest BCUT2D eigenvalue weighted by atomic mass is 16.5. The number of ether oxygens (including phenoxy) is 1. The van der Waals surface area contributed by atoms with Crippen LogP contribution in [0.3, 0.4) is 0 Å². The number of hydrogen-bond donors (Lipinski definition) is 1. The molecule has 0 spiro atoms. The van der Waals surface area contributed by atoms with Crippen LogP contribution in [0, 0.1) is 0 Å². The lowest BCUT2D eigenvalue weighted by Gasteiger charge is -2.31. The zero-order chi connectivity index (χ0) is 26.8. The van der Waals surface area contributed by atoms with Crippen LogP contribution in [0.4, 0.5) is 5.82 Å². The van der Waals surface area contributed by atoms with Crippen LogP contribution in [0.2, 0.25) is 0 Å². The Morgan fingerprint density at radius 3 is 2.46 bits per heavy atom. The van der Waals surface area contributed by atoms with Gasteiger partial charge in [0, 0.05) is 37.3 Å². The van der Waals surface area contributed by atoms with Crippen molar-refractivity contribution < 1.29 is 9.53 Å². The predicted octanol–water partition coefficient (Wildman–Crippen LogP) is 4.68. The Hall–Kier alpha value is -4.24. The van der Waals surface area contributed by atoms with Crippen molar-refractivity contribution in [1.82, 2.24) is 29.5 Å². The van der Waals surface area contributed by atoms with E-state index >= 15 is 0 Å². The maximum atomic E-state index is 12.7. The first-order valence-electron chi connectivity index (χ1n) is 13.5. The third-order valence-electron chi connectivity index (χ3n) is 7.57. The molecule has 1 amide bonds. The summed E-state index contributed by atoms with van der Waals surface area (Å²) in [6.07, 6.45) is 9.31. The van der Waals surface area contributed by atoms with Crippen molar-refractivity contribution in [2.24, 2.45) is 0 Å². The fourth-order valence-electron chi connectivity index (χ4n) is 5.18. The molecule has 9 heteroatoms. The maximum absolute atomic E-state index is 12.7. The number of rotatable bonds is 8. The maximum Gasteiger partial charge on any atom is 0.246 e. The van der Waals surface area contributed by atoms with E-state index in [1.165, 1.54) is 19.2 Å². The summed E-state index contributed by atoms with van der Waals surface area (Å²) >= 11 is 0. The molecule has 1 aliphatic heterocycles. The minimum absolute atomic E-state index is 0.0769. The van der Waals surface area contributed by atoms with Gasteiger partial charge in [-0.05, 0) is 69.1 Å². The van der Waals surface area contributed by atoms with Crippen LogP contribution in [0.5, 0.6) is 11.5 Å². The van der Waals surface area contributed by atoms with Crippen molar-refractivity contribution in [3.63, 3.8) is 0 Å². The Kier molecular flexibility index (Phi) is 6.98. The fraction of sp³-hybridized carbons (Fsp3) is 0.333. The average Bonchev–Trinajstić information content (AvgIpc) is 3.75. The number of likely N-dealkylation sites (tertiary alicyclic amines) is 1. The normalized spacial score (nSPS) is 16.4. The standard InChI is InChI=1S/C30H33N7O2/c1-35(22-11-12-22)17-5-8-26(38)36-18-15-23(16-19-36)37-30-27(29(31)32-20-33-30)28(34-37)21-9-13-25(14-10-21)39-24-6-3-2-4-7-24/h2-10,13-14,20,22-23H,11-12,15-19H2,1H3,(H2,31,32,33). The Morgan fingerprint density at radius 1 is 1.03 bits per heavy atom. The highest BCUT2D eigenvalue weighted by Gasteiger charge is 2.28. The Balaban J connectivity index is 1.17. The highest BCUT2D eigenvalue weighted by Crippen LogP contribution is 2.35. The van der Waals surface area contributed by atoms with Crippen LogP contribution in [0.15, 0.2) is 73.1 Å². The number of para-hydroxylation sites is 1. The minimum atomic E-state index is 0.0769. The smallest absolute Gasteiger partial charge is 0.246 e. The van der Waals surface area contributed by atoms with E-state index < -0.39 is 0 Å². The number of likely N-dealkylation sites (N-methyl/N-ethyl adjacent to an activating group) is 1. The number of anilines is 1. The molecule has 0 bridgehead atoms. The van der Waals surface area contributed by atoms with Crippen LogP contribution in [0.1, 0.15) is 31.7 Å². The van der Waals surface area contributed by atoms with Crippen LogP contribution in [0.25, 0.3) is 22.3 Å². The first kappa shape index (κ1) is 25.1. The third kappa shape index (κ3) is 5.49. The molecule has 2 aromatic carbocycles. The molecule has 3 heterocycles. The molecule has 1 saturated heterocycles. The number of nitrogens with zero attached hydrogens (tertiary/aromatic N) is 6. The van der Waals surface area contributed by atoms with Gasteiger partial charge in [-0.1, -0.05) is 24.3 Å². The molecule has 1 aliphatic carbocycles. The summed E-state index contributed by atoms with van der Waals surface area (Å²) in [5.41, 5.74) is 8.70. The minimum Gasteiger partial charge on any atom is -0.457 e. The van der Waals surface area contributed by atoms with E-state index in [4.69, 9.17) is 15.6 Å². The van der Waals surface area contributed by atoms with Crippen molar-refractivity contribution in [2.45, 2.75) is 37.8 Å². The number of aromatic nitrogens is 4. The second-order valence-corrected chi connectivity index (χ2v) is 10.3. The lowest BCUT2D eigenvalue weighted by atomic mass is 10.0. The summed E-state index contributed by atoms with van der Waals surface area (Å²) in [6, 6.07) is 18.3. The largest absolute Gasteiger partial charge is 0.457 e. The molecule has 9 nitrogen and oxygen atoms in total. The summed E-state index contributed by atoms with van der Waals surface area (Å²) in [5, 5.41) is 5.74. The average molecular weight is 524 g/mol. The summed E-state index contributed by atoms with van der Waals surface area (Å²) in [7, 11) is 2.11. The molecule has 2 fully saturated rings. The van der Waals surface area contributed by atoms with E-state index in [0.29, 0.717) is 24.9 Å². The second-order valence-electron chi connectivity index (χ2n) is 10.3. The summed E-state index contributed by atoms with van der Waals surface area (Å²) in [4.78, 5) is 25.8. The number of carbonyl (C=O) groups is 1. The molecule has 1 saturated carbocycles. The number of nitrogens with two attached hydrogens (primary N) is 1. The molecule has 0 atom stereocenters. The molecule has 0 unspecified atom stereocenters. The predicted molar refractivity (Wildman–Crippen MR) is 151 cm³/mol. The van der Waals surface area contributed by atoms with Gasteiger partial charge in [0.2, 0.25) is 5.91 Å². The molecule has 39 heavy (non-hydrogen) atoms. The van der Waals surface area contributed by atoms with Gasteiger partial charge in [0.05, 0.1) is 11.4 Å². The first-order valence-corrected chi connectivity index (χ1v) is 13.5. The highest BCUT2D eigenvalue weighted by molar-refractivity contribution is 5.98. The molecule has 0 radical (unpaired) electrons. The van der Waals surface area contributed by atoms with Gasteiger partial charge >= 0.3 is 0 Å². The summed E-state index contributed by atoms with van der Waals surface area (Å²) in [5.74, 6) is 2.00. The van der Waals surface area contributed by atoms with Crippen molar-refractivity contribution in [1.29, 1.82) is 0 Å². The fourth-order valence-corrected chi connectivity index (χ4v) is 5.18. The molecule has 2 N–H and O–H groups in total. The molecular weight excluding hydrogens is 490 g/mol. The van der Waals surface area contributed by atoms with Crippen LogP contribution in [-0.4, -0.2) is 68.2 Å². The van der Waals surface area contributed by atoms with Crippen LogP contribution >= 0.6 is 0 Å². The summed E-state index contributed by atoms with van der Waals surface area (Å²) in [6.45, 7) is 2.17. The van der Waals surface area contributed by atoms with Crippen molar-refractivity contribution in [3.05, 3.63) is 73.1 Å². The van der Waals surface area contributed by atoms with Crippen molar-refractivity contribution >= 4 is 22.8 Å². The van der Waals surface area contributed by atoms with E-state index in [1.54, 1.807) is 6.08 Å². The van der Waals surface area contributed by atoms with Gasteiger partial charge in [-0.2, -0.15) is 5.10 Å². The molecule has 4 aromatic rings. The second kappa shape index (κ2) is 10.9. The van der Waals surface area contributed by atoms with Crippen molar-refractivity contribution in [3.8, 4) is 22.8 Å². The zero-order valence-corrected chi connectivity index (χ0v) is 22.1. The number of amides is 1. The third-order valence-corrected chi connectivity index (χ3v) is 7.57. The van der Waals surface area contributed by atoms with Gasteiger partial charge in [0.1, 0.15) is 29.3 Å². The molecular formula is C30H33N7O2. The lowest BCUT2D eigenvalue weighted by Crippen LogP contribution is -2.38. The van der Waals surface area contributed by atoms with E-state index in [2.05, 4.69) is 21.9 Å². The molecule has 200 valence electrons. The Bertz CT molecular complexity index is 1470. The number of piperidine rings is 1. The van der Waals surface area contributed by atoms with Gasteiger partial charge < -0.3 is 15.4 Å². The molecule has 6 rings (SSSR count). The van der Waals surface area contributed by atoms with Gasteiger partial charge in [-0.3, -0.25) is 9.69 Å². The number of nitrogen functional groups attached to an aromatic ring is 1. The number of hydrogen-bond acceptors (Lipinski definition) is 7.